The molecule has 3 aromatic rings. The molecule has 2 bridgehead atoms. The Bertz CT molecular complexity index is 1020. The fraction of sp³-hybridized carbons (Fsp3) is 0.500. The third kappa shape index (κ3) is 3.20. The topological polar surface area (TPSA) is 72.8 Å². The molecule has 3 aliphatic rings. The van der Waals surface area contributed by atoms with Gasteiger partial charge in [0.05, 0.1) is 22.3 Å². The quantitative estimate of drug-likeness (QED) is 0.607. The number of anilines is 2. The largest absolute Gasteiger partial charge is 0.463 e. The molecule has 0 amide bonds. The third-order valence-electron chi connectivity index (χ3n) is 6.60. The van der Waals surface area contributed by atoms with Crippen LogP contribution in [0, 0.1) is 23.2 Å². The molecule has 1 N–H and O–H groups in total. The Morgan fingerprint density at radius 2 is 2.14 bits per heavy atom. The summed E-state index contributed by atoms with van der Waals surface area (Å²) in [4.78, 5) is 17.0. The highest BCUT2D eigenvalue weighted by molar-refractivity contribution is 7.16. The summed E-state index contributed by atoms with van der Waals surface area (Å²) in [6.45, 7) is 5.41. The Labute approximate surface area is 172 Å². The number of thiazole rings is 1. The predicted octanol–water partition coefficient (Wildman–Crippen LogP) is 5.33. The van der Waals surface area contributed by atoms with Gasteiger partial charge in [-0.2, -0.15) is 15.0 Å². The normalized spacial score (nSPS) is 25.3. The number of ether oxygens (including phenoxy) is 1. The first-order valence-electron chi connectivity index (χ1n) is 9.64. The fourth-order valence-corrected chi connectivity index (χ4v) is 5.73. The highest BCUT2D eigenvalue weighted by Gasteiger charge is 2.54. The Morgan fingerprint density at radius 3 is 2.96 bits per heavy atom. The Kier molecular flexibility index (Phi) is 4.39. The van der Waals surface area contributed by atoms with Gasteiger partial charge in [0.25, 0.3) is 0 Å². The number of halogens is 1. The second kappa shape index (κ2) is 6.81. The van der Waals surface area contributed by atoms with Gasteiger partial charge in [0, 0.05) is 5.69 Å². The van der Waals surface area contributed by atoms with Gasteiger partial charge in [-0.05, 0) is 72.2 Å². The van der Waals surface area contributed by atoms with Gasteiger partial charge in [0.1, 0.15) is 0 Å². The number of nitrogens with zero attached hydrogens (tertiary/aromatic N) is 4. The average Bonchev–Trinajstić information content (AvgIpc) is 3.14. The summed E-state index contributed by atoms with van der Waals surface area (Å²) in [5.41, 5.74) is 4.11. The van der Waals surface area contributed by atoms with E-state index in [0.717, 1.165) is 27.7 Å². The van der Waals surface area contributed by atoms with Crippen LogP contribution < -0.4 is 10.1 Å². The van der Waals surface area contributed by atoms with E-state index in [9.17, 15) is 0 Å². The smallest absolute Gasteiger partial charge is 0.322 e. The van der Waals surface area contributed by atoms with Crippen molar-refractivity contribution in [1.29, 1.82) is 0 Å². The molecule has 28 heavy (non-hydrogen) atoms. The molecule has 146 valence electrons. The van der Waals surface area contributed by atoms with Crippen molar-refractivity contribution < 1.29 is 4.74 Å². The summed E-state index contributed by atoms with van der Waals surface area (Å²) in [5.74, 6) is 2.55. The van der Waals surface area contributed by atoms with Gasteiger partial charge in [-0.3, -0.25) is 0 Å². The molecule has 2 aromatic heterocycles. The van der Waals surface area contributed by atoms with Gasteiger partial charge < -0.3 is 10.1 Å². The van der Waals surface area contributed by atoms with E-state index in [4.69, 9.17) is 16.3 Å². The van der Waals surface area contributed by atoms with E-state index in [2.05, 4.69) is 39.1 Å². The van der Waals surface area contributed by atoms with Gasteiger partial charge >= 0.3 is 6.01 Å². The van der Waals surface area contributed by atoms with Crippen molar-refractivity contribution >= 4 is 44.8 Å². The van der Waals surface area contributed by atoms with E-state index >= 15 is 0 Å². The van der Waals surface area contributed by atoms with Crippen LogP contribution in [-0.2, 0) is 0 Å². The Balaban J connectivity index is 1.29. The maximum atomic E-state index is 6.11. The van der Waals surface area contributed by atoms with Crippen molar-refractivity contribution in [2.45, 2.75) is 33.1 Å². The standard InChI is InChI=1S/C20H22ClN5OS/c1-20(2)12-4-3-11(14(20)7-12)9-27-19-25-17(21)24-18(26-19)23-13-5-6-15-16(8-13)28-10-22-15/h5-6,8,10-12,14H,3-4,7,9H2,1-2H3,(H,23,24,25,26)/t11?,12-,14-/m1/s1. The number of rotatable bonds is 5. The summed E-state index contributed by atoms with van der Waals surface area (Å²) in [6.07, 6.45) is 3.84. The van der Waals surface area contributed by atoms with Crippen LogP contribution in [0.5, 0.6) is 6.01 Å². The molecule has 2 heterocycles. The number of hydrogen-bond donors (Lipinski definition) is 1. The van der Waals surface area contributed by atoms with Gasteiger partial charge in [-0.25, -0.2) is 4.98 Å². The lowest BCUT2D eigenvalue weighted by atomic mass is 9.46. The first-order chi connectivity index (χ1) is 13.5. The van der Waals surface area contributed by atoms with Gasteiger partial charge in [0.2, 0.25) is 11.2 Å². The van der Waals surface area contributed by atoms with Crippen LogP contribution in [-0.4, -0.2) is 26.5 Å². The summed E-state index contributed by atoms with van der Waals surface area (Å²) in [7, 11) is 0. The summed E-state index contributed by atoms with van der Waals surface area (Å²) in [6, 6.07) is 6.20. The van der Waals surface area contributed by atoms with Crippen molar-refractivity contribution in [3.63, 3.8) is 0 Å². The second-order valence-corrected chi connectivity index (χ2v) is 9.60. The maximum absolute atomic E-state index is 6.11. The van der Waals surface area contributed by atoms with Crippen molar-refractivity contribution in [1.82, 2.24) is 19.9 Å². The minimum absolute atomic E-state index is 0.124. The lowest BCUT2D eigenvalue weighted by molar-refractivity contribution is -0.114. The molecule has 3 atom stereocenters. The summed E-state index contributed by atoms with van der Waals surface area (Å²) >= 11 is 7.70. The van der Waals surface area contributed by atoms with Crippen LogP contribution in [0.3, 0.4) is 0 Å². The highest BCUT2D eigenvalue weighted by Crippen LogP contribution is 2.61. The zero-order valence-corrected chi connectivity index (χ0v) is 17.4. The molecular formula is C20H22ClN5OS. The van der Waals surface area contributed by atoms with E-state index in [1.165, 1.54) is 19.3 Å². The van der Waals surface area contributed by atoms with Crippen LogP contribution >= 0.6 is 22.9 Å². The molecular weight excluding hydrogens is 394 g/mol. The van der Waals surface area contributed by atoms with E-state index in [0.29, 0.717) is 23.9 Å². The Hall–Kier alpha value is -1.99. The van der Waals surface area contributed by atoms with E-state index in [-0.39, 0.29) is 11.3 Å². The number of fused-ring (bicyclic) bond motifs is 3. The molecule has 3 aliphatic carbocycles. The minimum atomic E-state index is 0.124. The number of hydrogen-bond acceptors (Lipinski definition) is 7. The molecule has 3 saturated carbocycles. The van der Waals surface area contributed by atoms with Crippen LogP contribution in [0.1, 0.15) is 33.1 Å². The molecule has 3 fully saturated rings. The van der Waals surface area contributed by atoms with Crippen LogP contribution in [0.15, 0.2) is 23.7 Å². The second-order valence-electron chi connectivity index (χ2n) is 8.38. The zero-order valence-electron chi connectivity index (χ0n) is 15.9. The predicted molar refractivity (Wildman–Crippen MR) is 111 cm³/mol. The van der Waals surface area contributed by atoms with Crippen molar-refractivity contribution in [3.05, 3.63) is 29.0 Å². The lowest BCUT2D eigenvalue weighted by Crippen LogP contribution is -2.53. The molecule has 8 heteroatoms. The van der Waals surface area contributed by atoms with Gasteiger partial charge in [0.15, 0.2) is 0 Å². The number of aromatic nitrogens is 4. The van der Waals surface area contributed by atoms with Crippen LogP contribution in [0.2, 0.25) is 5.28 Å². The molecule has 1 unspecified atom stereocenters. The van der Waals surface area contributed by atoms with Crippen molar-refractivity contribution in [2.75, 3.05) is 11.9 Å². The van der Waals surface area contributed by atoms with E-state index in [1.54, 1.807) is 11.3 Å². The van der Waals surface area contributed by atoms with Crippen molar-refractivity contribution in [2.24, 2.45) is 23.2 Å². The van der Waals surface area contributed by atoms with Gasteiger partial charge in [-0.1, -0.05) is 13.8 Å². The average molecular weight is 416 g/mol. The zero-order chi connectivity index (χ0) is 19.3. The molecule has 0 radical (unpaired) electrons. The molecule has 0 saturated heterocycles. The van der Waals surface area contributed by atoms with Crippen LogP contribution in [0.4, 0.5) is 11.6 Å². The molecule has 6 nitrogen and oxygen atoms in total. The Morgan fingerprint density at radius 1 is 1.25 bits per heavy atom. The minimum Gasteiger partial charge on any atom is -0.463 e. The van der Waals surface area contributed by atoms with Crippen LogP contribution in [0.25, 0.3) is 10.2 Å². The number of nitrogens with one attached hydrogen (secondary N) is 1. The van der Waals surface area contributed by atoms with E-state index in [1.807, 2.05) is 23.7 Å². The SMILES string of the molecule is CC1(C)[C@@H]2CCC(COc3nc(Cl)nc(Nc4ccc5ncsc5c4)n3)[C@H]1C2. The molecule has 6 rings (SSSR count). The van der Waals surface area contributed by atoms with Crippen molar-refractivity contribution in [3.8, 4) is 6.01 Å². The first kappa shape index (κ1) is 18.1. The number of benzene rings is 1. The third-order valence-corrected chi connectivity index (χ3v) is 7.56. The summed E-state index contributed by atoms with van der Waals surface area (Å²) < 4.78 is 7.05. The maximum Gasteiger partial charge on any atom is 0.322 e. The highest BCUT2D eigenvalue weighted by atomic mass is 35.5. The van der Waals surface area contributed by atoms with E-state index < -0.39 is 0 Å². The molecule has 1 aromatic carbocycles. The lowest BCUT2D eigenvalue weighted by Gasteiger charge is -2.60. The van der Waals surface area contributed by atoms with Gasteiger partial charge in [-0.15, -0.1) is 11.3 Å². The molecule has 0 spiro atoms. The summed E-state index contributed by atoms with van der Waals surface area (Å²) in [5, 5.41) is 3.31. The monoisotopic (exact) mass is 415 g/mol. The first-order valence-corrected chi connectivity index (χ1v) is 10.9. The fourth-order valence-electron chi connectivity index (χ4n) is 4.86. The molecule has 0 aliphatic heterocycles.